The summed E-state index contributed by atoms with van der Waals surface area (Å²) in [7, 11) is 1.65. The van der Waals surface area contributed by atoms with Crippen LogP contribution in [0, 0.1) is 0 Å². The largest absolute Gasteiger partial charge is 0.504 e. The van der Waals surface area contributed by atoms with Crippen LogP contribution >= 0.6 is 31.9 Å². The number of phenolic OH excluding ortho intramolecular Hbond substituents is 1. The summed E-state index contributed by atoms with van der Waals surface area (Å²) in [6, 6.07) is 19.5. The van der Waals surface area contributed by atoms with Crippen LogP contribution in [0.3, 0.4) is 0 Å². The van der Waals surface area contributed by atoms with Crippen LogP contribution in [0.5, 0.6) is 17.2 Å². The number of rotatable bonds is 6. The Bertz CT molecular complexity index is 1150. The molecule has 0 amide bonds. The van der Waals surface area contributed by atoms with Gasteiger partial charge >= 0.3 is 0 Å². The fraction of sp³-hybridized carbons (Fsp3) is 0.240. The smallest absolute Gasteiger partial charge is 0.162 e. The normalized spacial score (nSPS) is 18.2. The Morgan fingerprint density at radius 2 is 1.88 bits per heavy atom. The minimum Gasteiger partial charge on any atom is -0.504 e. The van der Waals surface area contributed by atoms with Crippen molar-refractivity contribution in [3.8, 4) is 17.2 Å². The number of hydrogen-bond donors (Lipinski definition) is 2. The predicted octanol–water partition coefficient (Wildman–Crippen LogP) is 6.55. The van der Waals surface area contributed by atoms with Gasteiger partial charge in [0.25, 0.3) is 0 Å². The van der Waals surface area contributed by atoms with Gasteiger partial charge in [-0.1, -0.05) is 46.3 Å². The van der Waals surface area contributed by atoms with Gasteiger partial charge in [0, 0.05) is 28.2 Å². The second kappa shape index (κ2) is 10.1. The highest BCUT2D eigenvalue weighted by atomic mass is 79.9. The Morgan fingerprint density at radius 1 is 1.06 bits per heavy atom. The van der Waals surface area contributed by atoms with E-state index in [1.165, 1.54) is 0 Å². The lowest BCUT2D eigenvalue weighted by Crippen LogP contribution is -2.33. The first kappa shape index (κ1) is 22.8. The highest BCUT2D eigenvalue weighted by molar-refractivity contribution is 9.10. The van der Waals surface area contributed by atoms with Gasteiger partial charge in [-0.05, 0) is 64.3 Å². The van der Waals surface area contributed by atoms with Crippen LogP contribution < -0.4 is 14.8 Å². The van der Waals surface area contributed by atoms with Crippen LogP contribution in [-0.4, -0.2) is 24.5 Å². The summed E-state index contributed by atoms with van der Waals surface area (Å²) in [6.45, 7) is 2.39. The highest BCUT2D eigenvalue weighted by Crippen LogP contribution is 2.39. The predicted molar refractivity (Wildman–Crippen MR) is 134 cm³/mol. The Kier molecular flexibility index (Phi) is 7.18. The molecule has 0 saturated heterocycles. The minimum atomic E-state index is -0.292. The molecule has 0 unspecified atom stereocenters. The molecule has 4 rings (SSSR count). The van der Waals surface area contributed by atoms with E-state index in [2.05, 4.69) is 49.3 Å². The maximum atomic E-state index is 10.9. The molecule has 0 fully saturated rings. The molecule has 166 valence electrons. The molecule has 32 heavy (non-hydrogen) atoms. The van der Waals surface area contributed by atoms with Crippen molar-refractivity contribution in [2.24, 2.45) is 4.99 Å². The number of aliphatic imine (C=N–C) groups is 1. The molecule has 0 saturated carbocycles. The van der Waals surface area contributed by atoms with Crippen molar-refractivity contribution < 1.29 is 14.6 Å². The maximum Gasteiger partial charge on any atom is 0.162 e. The Balaban J connectivity index is 1.77. The number of hydrogen-bond acceptors (Lipinski definition) is 5. The van der Waals surface area contributed by atoms with Crippen LogP contribution in [0.1, 0.15) is 42.2 Å². The summed E-state index contributed by atoms with van der Waals surface area (Å²) >= 11 is 7.14. The van der Waals surface area contributed by atoms with Crippen molar-refractivity contribution in [2.75, 3.05) is 13.7 Å². The molecular weight excluding hydrogens is 536 g/mol. The number of halogens is 2. The van der Waals surface area contributed by atoms with Crippen LogP contribution in [0.2, 0.25) is 0 Å². The summed E-state index contributed by atoms with van der Waals surface area (Å²) in [6.07, 6.45) is 0.341. The zero-order valence-corrected chi connectivity index (χ0v) is 21.0. The quantitative estimate of drug-likeness (QED) is 0.359. The van der Waals surface area contributed by atoms with E-state index in [0.717, 1.165) is 37.1 Å². The van der Waals surface area contributed by atoms with E-state index < -0.39 is 0 Å². The van der Waals surface area contributed by atoms with Crippen molar-refractivity contribution in [1.29, 1.82) is 0 Å². The second-order valence-corrected chi connectivity index (χ2v) is 9.20. The van der Waals surface area contributed by atoms with E-state index in [1.807, 2.05) is 49.4 Å². The summed E-state index contributed by atoms with van der Waals surface area (Å²) < 4.78 is 12.9. The van der Waals surface area contributed by atoms with Crippen molar-refractivity contribution in [2.45, 2.75) is 25.6 Å². The van der Waals surface area contributed by atoms with Gasteiger partial charge in [-0.2, -0.15) is 0 Å². The van der Waals surface area contributed by atoms with Crippen molar-refractivity contribution in [3.05, 3.63) is 86.3 Å². The Hall–Kier alpha value is -2.35. The standard InChI is InChI=1S/C25H24Br2N2O3/c1-3-32-23-9-5-8-18(24(23)30)21-14-20(15-6-4-7-17(26)12-15)28-25(29-21)16-10-11-22(31-2)19(27)13-16/h4-13,21,25,29-30H,3,14H2,1-2H3/t21-,25+/m1/s1. The van der Waals surface area contributed by atoms with Gasteiger partial charge in [0.2, 0.25) is 0 Å². The van der Waals surface area contributed by atoms with E-state index in [9.17, 15) is 5.11 Å². The van der Waals surface area contributed by atoms with E-state index >= 15 is 0 Å². The number of methoxy groups -OCH3 is 1. The molecule has 1 aliphatic heterocycles. The zero-order valence-electron chi connectivity index (χ0n) is 17.8. The van der Waals surface area contributed by atoms with Crippen molar-refractivity contribution in [1.82, 2.24) is 5.32 Å². The van der Waals surface area contributed by atoms with Crippen LogP contribution in [0.15, 0.2) is 74.6 Å². The first-order valence-corrected chi connectivity index (χ1v) is 12.0. The molecule has 0 spiro atoms. The average molecular weight is 560 g/mol. The van der Waals surface area contributed by atoms with Gasteiger partial charge in [0.1, 0.15) is 11.9 Å². The lowest BCUT2D eigenvalue weighted by Gasteiger charge is -2.31. The molecule has 3 aromatic rings. The molecule has 1 heterocycles. The van der Waals surface area contributed by atoms with E-state index in [1.54, 1.807) is 13.2 Å². The number of nitrogens with zero attached hydrogens (tertiary/aromatic N) is 1. The number of phenols is 1. The summed E-state index contributed by atoms with van der Waals surface area (Å²) in [5, 5.41) is 14.5. The zero-order chi connectivity index (χ0) is 22.7. The molecule has 5 nitrogen and oxygen atoms in total. The molecule has 2 atom stereocenters. The van der Waals surface area contributed by atoms with E-state index in [0.29, 0.717) is 18.8 Å². The molecule has 1 aliphatic rings. The maximum absolute atomic E-state index is 10.9. The fourth-order valence-electron chi connectivity index (χ4n) is 3.86. The van der Waals surface area contributed by atoms with Gasteiger partial charge in [-0.3, -0.25) is 10.3 Å². The third-order valence-corrected chi connectivity index (χ3v) is 6.51. The first-order valence-electron chi connectivity index (χ1n) is 10.4. The van der Waals surface area contributed by atoms with Gasteiger partial charge < -0.3 is 14.6 Å². The lowest BCUT2D eigenvalue weighted by molar-refractivity contribution is 0.313. The molecule has 2 N–H and O–H groups in total. The molecule has 3 aromatic carbocycles. The summed E-state index contributed by atoms with van der Waals surface area (Å²) in [5.41, 5.74) is 3.79. The van der Waals surface area contributed by atoms with Gasteiger partial charge in [-0.15, -0.1) is 0 Å². The first-order chi connectivity index (χ1) is 15.5. The lowest BCUT2D eigenvalue weighted by atomic mass is 9.93. The molecule has 0 aromatic heterocycles. The van der Waals surface area contributed by atoms with Gasteiger partial charge in [0.15, 0.2) is 11.5 Å². The minimum absolute atomic E-state index is 0.146. The third-order valence-electron chi connectivity index (χ3n) is 5.40. The fourth-order valence-corrected chi connectivity index (χ4v) is 4.82. The number of benzene rings is 3. The number of aromatic hydroxyl groups is 1. The van der Waals surface area contributed by atoms with Crippen molar-refractivity contribution in [3.63, 3.8) is 0 Å². The molecular formula is C25H24Br2N2O3. The molecule has 0 radical (unpaired) electrons. The van der Waals surface area contributed by atoms with Crippen LogP contribution in [0.4, 0.5) is 0 Å². The van der Waals surface area contributed by atoms with E-state index in [-0.39, 0.29) is 18.0 Å². The van der Waals surface area contributed by atoms with Crippen LogP contribution in [0.25, 0.3) is 0 Å². The van der Waals surface area contributed by atoms with Gasteiger partial charge in [0.05, 0.1) is 18.2 Å². The SMILES string of the molecule is CCOc1cccc([C@H]2CC(c3cccc(Br)c3)=N[C@H](c3ccc(OC)c(Br)c3)N2)c1O. The Morgan fingerprint density at radius 3 is 2.59 bits per heavy atom. The number of ether oxygens (including phenoxy) is 2. The van der Waals surface area contributed by atoms with Crippen LogP contribution in [-0.2, 0) is 0 Å². The molecule has 0 aliphatic carbocycles. The average Bonchev–Trinajstić information content (AvgIpc) is 2.80. The monoisotopic (exact) mass is 558 g/mol. The number of nitrogens with one attached hydrogen (secondary N) is 1. The summed E-state index contributed by atoms with van der Waals surface area (Å²) in [5.74, 6) is 1.42. The van der Waals surface area contributed by atoms with Gasteiger partial charge in [-0.25, -0.2) is 0 Å². The summed E-state index contributed by atoms with van der Waals surface area (Å²) in [4.78, 5) is 5.03. The number of para-hydroxylation sites is 1. The third kappa shape index (κ3) is 4.85. The molecule has 7 heteroatoms. The highest BCUT2D eigenvalue weighted by Gasteiger charge is 2.29. The Labute approximate surface area is 204 Å². The topological polar surface area (TPSA) is 63.1 Å². The second-order valence-electron chi connectivity index (χ2n) is 7.43. The molecule has 0 bridgehead atoms. The van der Waals surface area contributed by atoms with Crippen molar-refractivity contribution >= 4 is 37.6 Å². The van der Waals surface area contributed by atoms with E-state index in [4.69, 9.17) is 14.5 Å².